The minimum Gasteiger partial charge on any atom is -0.396 e. The second-order valence-electron chi connectivity index (χ2n) is 4.00. The van der Waals surface area contributed by atoms with Crippen LogP contribution in [0, 0.1) is 11.3 Å². The number of nitrogens with zero attached hydrogens (tertiary/aromatic N) is 1. The first kappa shape index (κ1) is 12.2. The molecule has 17 heavy (non-hydrogen) atoms. The molecule has 0 saturated carbocycles. The van der Waals surface area contributed by atoms with Gasteiger partial charge >= 0.3 is 0 Å². The molecule has 2 N–H and O–H groups in total. The van der Waals surface area contributed by atoms with Crippen LogP contribution >= 0.6 is 15.9 Å². The van der Waals surface area contributed by atoms with E-state index >= 15 is 0 Å². The van der Waals surface area contributed by atoms with Crippen LogP contribution in [-0.4, -0.2) is 16.7 Å². The summed E-state index contributed by atoms with van der Waals surface area (Å²) in [6, 6.07) is 8.08. The van der Waals surface area contributed by atoms with Gasteiger partial charge in [-0.15, -0.1) is 0 Å². The molecule has 0 bridgehead atoms. The first-order chi connectivity index (χ1) is 8.24. The number of rotatable bonds is 4. The van der Waals surface area contributed by atoms with Crippen molar-refractivity contribution in [1.29, 1.82) is 5.26 Å². The zero-order chi connectivity index (χ0) is 12.3. The Morgan fingerprint density at radius 1 is 1.29 bits per heavy atom. The van der Waals surface area contributed by atoms with E-state index in [4.69, 9.17) is 10.4 Å². The van der Waals surface area contributed by atoms with E-state index in [2.05, 4.69) is 33.0 Å². The number of nitrogens with one attached hydrogen (secondary N) is 1. The quantitative estimate of drug-likeness (QED) is 0.851. The zero-order valence-corrected chi connectivity index (χ0v) is 10.9. The lowest BCUT2D eigenvalue weighted by Crippen LogP contribution is -1.88. The van der Waals surface area contributed by atoms with Crippen LogP contribution in [0.25, 0.3) is 10.9 Å². The second kappa shape index (κ2) is 5.35. The number of aryl methyl sites for hydroxylation is 1. The van der Waals surface area contributed by atoms with E-state index in [1.165, 1.54) is 0 Å². The number of hydrogen-bond acceptors (Lipinski definition) is 2. The summed E-state index contributed by atoms with van der Waals surface area (Å²) in [4.78, 5) is 3.28. The molecule has 1 heterocycles. The maximum atomic E-state index is 9.06. The first-order valence-corrected chi connectivity index (χ1v) is 6.36. The fraction of sp³-hybridized carbons (Fsp3) is 0.308. The number of aromatic amines is 1. The topological polar surface area (TPSA) is 59.8 Å². The smallest absolute Gasteiger partial charge is 0.101 e. The largest absolute Gasteiger partial charge is 0.396 e. The molecule has 2 aromatic rings. The number of fused-ring (bicyclic) bond motifs is 1. The molecule has 0 aliphatic carbocycles. The molecule has 0 radical (unpaired) electrons. The normalized spacial score (nSPS) is 10.6. The maximum Gasteiger partial charge on any atom is 0.101 e. The number of aliphatic hydroxyl groups excluding tert-OH is 1. The van der Waals surface area contributed by atoms with Gasteiger partial charge in [0, 0.05) is 22.2 Å². The summed E-state index contributed by atoms with van der Waals surface area (Å²) < 4.78 is 0.919. The van der Waals surface area contributed by atoms with Gasteiger partial charge in [-0.05, 0) is 37.5 Å². The average molecular weight is 293 g/mol. The Balaban J connectivity index is 2.33. The number of aliphatic hydroxyl groups is 1. The molecule has 0 unspecified atom stereocenters. The number of benzene rings is 1. The van der Waals surface area contributed by atoms with Crippen LogP contribution in [-0.2, 0) is 6.42 Å². The number of nitriles is 1. The highest BCUT2D eigenvalue weighted by Gasteiger charge is 2.06. The lowest BCUT2D eigenvalue weighted by atomic mass is 10.1. The predicted octanol–water partition coefficient (Wildman–Crippen LogP) is 3.12. The Kier molecular flexibility index (Phi) is 3.82. The van der Waals surface area contributed by atoms with E-state index in [0.29, 0.717) is 5.56 Å². The SMILES string of the molecule is N#Cc1cc(Br)cc2cc(CCCCO)[nH]c12. The van der Waals surface area contributed by atoms with Gasteiger partial charge < -0.3 is 10.1 Å². The highest BCUT2D eigenvalue weighted by atomic mass is 79.9. The summed E-state index contributed by atoms with van der Waals surface area (Å²) in [6.45, 7) is 0.231. The summed E-state index contributed by atoms with van der Waals surface area (Å²) in [5, 5.41) is 18.9. The highest BCUT2D eigenvalue weighted by molar-refractivity contribution is 9.10. The van der Waals surface area contributed by atoms with E-state index in [9.17, 15) is 0 Å². The van der Waals surface area contributed by atoms with Gasteiger partial charge in [-0.25, -0.2) is 0 Å². The molecular weight excluding hydrogens is 280 g/mol. The fourth-order valence-corrected chi connectivity index (χ4v) is 2.39. The standard InChI is InChI=1S/C13H13BrN2O/c14-11-5-9-7-12(3-1-2-4-17)16-13(9)10(6-11)8-15/h5-7,16-17H,1-4H2. The molecular formula is C13H13BrN2O. The third-order valence-electron chi connectivity index (χ3n) is 2.72. The summed E-state index contributed by atoms with van der Waals surface area (Å²) in [5.74, 6) is 0. The van der Waals surface area contributed by atoms with Crippen molar-refractivity contribution in [1.82, 2.24) is 4.98 Å². The molecule has 0 aliphatic rings. The molecule has 0 aliphatic heterocycles. The number of halogens is 1. The van der Waals surface area contributed by atoms with Crippen molar-refractivity contribution >= 4 is 26.8 Å². The highest BCUT2D eigenvalue weighted by Crippen LogP contribution is 2.25. The van der Waals surface area contributed by atoms with Gasteiger partial charge in [-0.2, -0.15) is 5.26 Å². The molecule has 4 heteroatoms. The molecule has 1 aromatic heterocycles. The van der Waals surface area contributed by atoms with Crippen LogP contribution in [0.3, 0.4) is 0 Å². The summed E-state index contributed by atoms with van der Waals surface area (Å²) in [7, 11) is 0. The first-order valence-electron chi connectivity index (χ1n) is 5.56. The fourth-order valence-electron chi connectivity index (χ4n) is 1.92. The van der Waals surface area contributed by atoms with Crippen molar-refractivity contribution in [2.45, 2.75) is 19.3 Å². The summed E-state index contributed by atoms with van der Waals surface area (Å²) in [5.41, 5.74) is 2.67. The average Bonchev–Trinajstić information content (AvgIpc) is 2.71. The molecule has 0 spiro atoms. The number of unbranched alkanes of at least 4 members (excludes halogenated alkanes) is 1. The van der Waals surface area contributed by atoms with E-state index < -0.39 is 0 Å². The molecule has 0 saturated heterocycles. The lowest BCUT2D eigenvalue weighted by Gasteiger charge is -1.96. The third-order valence-corrected chi connectivity index (χ3v) is 3.18. The van der Waals surface area contributed by atoms with Gasteiger partial charge in [0.15, 0.2) is 0 Å². The van der Waals surface area contributed by atoms with Gasteiger partial charge in [0.2, 0.25) is 0 Å². The van der Waals surface area contributed by atoms with Crippen molar-refractivity contribution in [3.05, 3.63) is 33.9 Å². The van der Waals surface area contributed by atoms with Gasteiger partial charge in [-0.1, -0.05) is 15.9 Å². The van der Waals surface area contributed by atoms with Crippen LogP contribution < -0.4 is 0 Å². The molecule has 2 rings (SSSR count). The maximum absolute atomic E-state index is 9.06. The summed E-state index contributed by atoms with van der Waals surface area (Å²) in [6.07, 6.45) is 2.66. The van der Waals surface area contributed by atoms with Gasteiger partial charge in [0.1, 0.15) is 6.07 Å². The Bertz CT molecular complexity index is 569. The summed E-state index contributed by atoms with van der Waals surface area (Å²) >= 11 is 3.40. The number of hydrogen-bond donors (Lipinski definition) is 2. The third kappa shape index (κ3) is 2.68. The van der Waals surface area contributed by atoms with Crippen LogP contribution in [0.4, 0.5) is 0 Å². The van der Waals surface area contributed by atoms with E-state index in [1.807, 2.05) is 12.1 Å². The van der Waals surface area contributed by atoms with Crippen LogP contribution in [0.5, 0.6) is 0 Å². The predicted molar refractivity (Wildman–Crippen MR) is 70.7 cm³/mol. The zero-order valence-electron chi connectivity index (χ0n) is 9.33. The Labute approximate surface area is 108 Å². The van der Waals surface area contributed by atoms with Gasteiger partial charge in [0.25, 0.3) is 0 Å². The van der Waals surface area contributed by atoms with Crippen LogP contribution in [0.15, 0.2) is 22.7 Å². The number of aromatic nitrogens is 1. The minimum atomic E-state index is 0.231. The minimum absolute atomic E-state index is 0.231. The van der Waals surface area contributed by atoms with Crippen LogP contribution in [0.2, 0.25) is 0 Å². The van der Waals surface area contributed by atoms with Crippen LogP contribution in [0.1, 0.15) is 24.1 Å². The monoisotopic (exact) mass is 292 g/mol. The van der Waals surface area contributed by atoms with Crippen molar-refractivity contribution in [3.63, 3.8) is 0 Å². The van der Waals surface area contributed by atoms with Gasteiger partial charge in [0.05, 0.1) is 11.1 Å². The molecule has 0 amide bonds. The molecule has 1 aromatic carbocycles. The van der Waals surface area contributed by atoms with E-state index in [-0.39, 0.29) is 6.61 Å². The lowest BCUT2D eigenvalue weighted by molar-refractivity contribution is 0.284. The van der Waals surface area contributed by atoms with Gasteiger partial charge in [-0.3, -0.25) is 0 Å². The molecule has 0 fully saturated rings. The second-order valence-corrected chi connectivity index (χ2v) is 4.92. The van der Waals surface area contributed by atoms with E-state index in [1.54, 1.807) is 0 Å². The van der Waals surface area contributed by atoms with Crippen molar-refractivity contribution in [3.8, 4) is 6.07 Å². The molecule has 3 nitrogen and oxygen atoms in total. The van der Waals surface area contributed by atoms with E-state index in [0.717, 1.165) is 40.3 Å². The van der Waals surface area contributed by atoms with Crippen molar-refractivity contribution < 1.29 is 5.11 Å². The molecule has 88 valence electrons. The Hall–Kier alpha value is -1.31. The Morgan fingerprint density at radius 3 is 2.82 bits per heavy atom. The Morgan fingerprint density at radius 2 is 2.12 bits per heavy atom. The molecule has 0 atom stereocenters. The van der Waals surface area contributed by atoms with Crippen molar-refractivity contribution in [2.75, 3.05) is 6.61 Å². The van der Waals surface area contributed by atoms with Crippen molar-refractivity contribution in [2.24, 2.45) is 0 Å². The number of H-pyrrole nitrogens is 1.